The Morgan fingerprint density at radius 2 is 1.63 bits per heavy atom. The average molecular weight is 497 g/mol. The van der Waals surface area contributed by atoms with E-state index in [0.717, 1.165) is 29.7 Å². The van der Waals surface area contributed by atoms with Crippen LogP contribution in [0.25, 0.3) is 0 Å². The highest BCUT2D eigenvalue weighted by atomic mass is 32.2. The minimum absolute atomic E-state index is 0.114. The molecule has 0 spiro atoms. The largest absolute Gasteiger partial charge is 0.494 e. The number of amides is 1. The minimum atomic E-state index is -3.50. The molecule has 7 heteroatoms. The Hall–Kier alpha value is -2.54. The van der Waals surface area contributed by atoms with Crippen molar-refractivity contribution in [3.8, 4) is 5.75 Å². The molecule has 1 amide bonds. The summed E-state index contributed by atoms with van der Waals surface area (Å²) in [6.45, 7) is 4.01. The summed E-state index contributed by atoms with van der Waals surface area (Å²) in [6, 6.07) is 12.6. The van der Waals surface area contributed by atoms with Crippen LogP contribution in [-0.2, 0) is 20.0 Å². The van der Waals surface area contributed by atoms with Crippen LogP contribution in [0.2, 0.25) is 0 Å². The molecule has 0 aliphatic heterocycles. The van der Waals surface area contributed by atoms with Gasteiger partial charge in [0.25, 0.3) is 0 Å². The molecule has 2 aromatic rings. The van der Waals surface area contributed by atoms with Gasteiger partial charge >= 0.3 is 0 Å². The Balaban J connectivity index is 1.26. The van der Waals surface area contributed by atoms with Crippen LogP contribution in [0.4, 0.5) is 11.4 Å². The molecule has 6 nitrogen and oxygen atoms in total. The van der Waals surface area contributed by atoms with Crippen LogP contribution in [0.3, 0.4) is 0 Å². The van der Waals surface area contributed by atoms with Gasteiger partial charge in [0.1, 0.15) is 11.8 Å². The molecule has 35 heavy (non-hydrogen) atoms. The first-order valence-electron chi connectivity index (χ1n) is 12.8. The summed E-state index contributed by atoms with van der Waals surface area (Å²) in [5.74, 6) is 2.95. The van der Waals surface area contributed by atoms with Gasteiger partial charge in [-0.15, -0.1) is 0 Å². The number of ether oxygens (including phenoxy) is 1. The van der Waals surface area contributed by atoms with Crippen molar-refractivity contribution < 1.29 is 17.9 Å². The van der Waals surface area contributed by atoms with Gasteiger partial charge in [-0.3, -0.25) is 4.79 Å². The summed E-state index contributed by atoms with van der Waals surface area (Å²) < 4.78 is 30.1. The number of sulfone groups is 1. The third-order valence-corrected chi connectivity index (χ3v) is 9.37. The van der Waals surface area contributed by atoms with E-state index in [4.69, 9.17) is 4.74 Å². The van der Waals surface area contributed by atoms with E-state index in [1.807, 2.05) is 19.1 Å². The Bertz CT molecular complexity index is 1170. The molecule has 1 atom stereocenters. The Morgan fingerprint density at radius 3 is 2.17 bits per heavy atom. The highest BCUT2D eigenvalue weighted by Gasteiger charge is 2.51. The fourth-order valence-electron chi connectivity index (χ4n) is 7.11. The Morgan fingerprint density at radius 1 is 1.03 bits per heavy atom. The number of hydrogen-bond donors (Lipinski definition) is 2. The first-order valence-corrected chi connectivity index (χ1v) is 14.7. The van der Waals surface area contributed by atoms with Crippen molar-refractivity contribution in [2.45, 2.75) is 68.7 Å². The van der Waals surface area contributed by atoms with Crippen LogP contribution >= 0.6 is 0 Å². The van der Waals surface area contributed by atoms with E-state index in [0.29, 0.717) is 23.5 Å². The van der Waals surface area contributed by atoms with Gasteiger partial charge < -0.3 is 15.4 Å². The summed E-state index contributed by atoms with van der Waals surface area (Å²) >= 11 is 0. The SMILES string of the molecule is CCOc1ccc(NC(C)C(=O)Nc2ccc(C34CC5CC(CC(C5)C3)C4)cc2)c(S(C)(=O)=O)c1. The molecule has 0 aromatic heterocycles. The van der Waals surface area contributed by atoms with Gasteiger partial charge in [-0.05, 0) is 105 Å². The van der Waals surface area contributed by atoms with Gasteiger partial charge in [-0.2, -0.15) is 0 Å². The molecular weight excluding hydrogens is 460 g/mol. The monoisotopic (exact) mass is 496 g/mol. The van der Waals surface area contributed by atoms with Crippen LogP contribution in [0, 0.1) is 17.8 Å². The molecule has 4 aliphatic rings. The lowest BCUT2D eigenvalue weighted by Crippen LogP contribution is -2.48. The summed E-state index contributed by atoms with van der Waals surface area (Å²) in [4.78, 5) is 13.0. The maximum Gasteiger partial charge on any atom is 0.246 e. The first-order chi connectivity index (χ1) is 16.6. The van der Waals surface area contributed by atoms with Crippen LogP contribution < -0.4 is 15.4 Å². The molecular formula is C28H36N2O4S. The van der Waals surface area contributed by atoms with Gasteiger partial charge in [-0.25, -0.2) is 8.42 Å². The predicted molar refractivity (Wildman–Crippen MR) is 139 cm³/mol. The van der Waals surface area contributed by atoms with Crippen LogP contribution in [0.1, 0.15) is 57.9 Å². The highest BCUT2D eigenvalue weighted by Crippen LogP contribution is 2.60. The van der Waals surface area contributed by atoms with Gasteiger partial charge in [0, 0.05) is 18.0 Å². The summed E-state index contributed by atoms with van der Waals surface area (Å²) in [6.07, 6.45) is 9.37. The fourth-order valence-corrected chi connectivity index (χ4v) is 7.96. The molecule has 4 aliphatic carbocycles. The smallest absolute Gasteiger partial charge is 0.246 e. The van der Waals surface area contributed by atoms with E-state index < -0.39 is 15.9 Å². The standard InChI is InChI=1S/C28H36N2O4S/c1-4-34-24-9-10-25(26(14-24)35(3,32)33)29-18(2)27(31)30-23-7-5-22(6-8-23)28-15-19-11-20(16-28)13-21(12-19)17-28/h5-10,14,18-21,29H,4,11-13,15-17H2,1-3H3,(H,30,31). The molecule has 4 bridgehead atoms. The zero-order valence-electron chi connectivity index (χ0n) is 20.8. The summed E-state index contributed by atoms with van der Waals surface area (Å²) in [5.41, 5.74) is 2.90. The normalized spacial score (nSPS) is 27.9. The second-order valence-electron chi connectivity index (χ2n) is 11.0. The number of rotatable bonds is 8. The van der Waals surface area contributed by atoms with E-state index in [9.17, 15) is 13.2 Å². The number of nitrogens with one attached hydrogen (secondary N) is 2. The second-order valence-corrected chi connectivity index (χ2v) is 13.0. The van der Waals surface area contributed by atoms with Crippen LogP contribution in [-0.4, -0.2) is 33.2 Å². The summed E-state index contributed by atoms with van der Waals surface area (Å²) in [7, 11) is -3.50. The third-order valence-electron chi connectivity index (χ3n) is 8.23. The van der Waals surface area contributed by atoms with E-state index in [1.165, 1.54) is 50.2 Å². The van der Waals surface area contributed by atoms with Crippen molar-refractivity contribution in [3.63, 3.8) is 0 Å². The molecule has 0 radical (unpaired) electrons. The molecule has 1 unspecified atom stereocenters. The first kappa shape index (κ1) is 24.2. The lowest BCUT2D eigenvalue weighted by atomic mass is 9.48. The molecule has 188 valence electrons. The average Bonchev–Trinajstić information content (AvgIpc) is 2.79. The summed E-state index contributed by atoms with van der Waals surface area (Å²) in [5, 5.41) is 6.04. The maximum atomic E-state index is 12.9. The van der Waals surface area contributed by atoms with Crippen molar-refractivity contribution in [1.82, 2.24) is 0 Å². The lowest BCUT2D eigenvalue weighted by Gasteiger charge is -2.57. The van der Waals surface area contributed by atoms with Gasteiger partial charge in [-0.1, -0.05) is 12.1 Å². The van der Waals surface area contributed by atoms with Crippen molar-refractivity contribution in [2.24, 2.45) is 17.8 Å². The predicted octanol–water partition coefficient (Wildman–Crippen LogP) is 5.40. The van der Waals surface area contributed by atoms with Crippen LogP contribution in [0.15, 0.2) is 47.4 Å². The van der Waals surface area contributed by atoms with Gasteiger partial charge in [0.2, 0.25) is 5.91 Å². The molecule has 6 rings (SSSR count). The van der Waals surface area contributed by atoms with Gasteiger partial charge in [0.15, 0.2) is 9.84 Å². The molecule has 2 aromatic carbocycles. The van der Waals surface area contributed by atoms with Gasteiger partial charge in [0.05, 0.1) is 17.2 Å². The van der Waals surface area contributed by atoms with Crippen molar-refractivity contribution in [1.29, 1.82) is 0 Å². The number of carbonyl (C=O) groups is 1. The van der Waals surface area contributed by atoms with E-state index in [-0.39, 0.29) is 10.8 Å². The minimum Gasteiger partial charge on any atom is -0.494 e. The number of carbonyl (C=O) groups excluding carboxylic acids is 1. The van der Waals surface area contributed by atoms with Crippen molar-refractivity contribution in [3.05, 3.63) is 48.0 Å². The fraction of sp³-hybridized carbons (Fsp3) is 0.536. The Kier molecular flexibility index (Phi) is 6.32. The number of hydrogen-bond acceptors (Lipinski definition) is 5. The molecule has 4 saturated carbocycles. The number of anilines is 2. The molecule has 0 heterocycles. The van der Waals surface area contributed by atoms with Crippen molar-refractivity contribution >= 4 is 27.1 Å². The van der Waals surface area contributed by atoms with E-state index in [2.05, 4.69) is 22.8 Å². The topological polar surface area (TPSA) is 84.5 Å². The Labute approximate surface area is 208 Å². The highest BCUT2D eigenvalue weighted by molar-refractivity contribution is 7.90. The molecule has 0 saturated heterocycles. The molecule has 2 N–H and O–H groups in total. The third kappa shape index (κ3) is 4.92. The van der Waals surface area contributed by atoms with E-state index >= 15 is 0 Å². The quantitative estimate of drug-likeness (QED) is 0.511. The zero-order valence-corrected chi connectivity index (χ0v) is 21.7. The van der Waals surface area contributed by atoms with Crippen molar-refractivity contribution in [2.75, 3.05) is 23.5 Å². The van der Waals surface area contributed by atoms with E-state index in [1.54, 1.807) is 19.1 Å². The number of benzene rings is 2. The molecule has 4 fully saturated rings. The van der Waals surface area contributed by atoms with Crippen LogP contribution in [0.5, 0.6) is 5.75 Å². The zero-order chi connectivity index (χ0) is 24.8. The lowest BCUT2D eigenvalue weighted by molar-refractivity contribution is -0.116. The second kappa shape index (κ2) is 9.16. The maximum absolute atomic E-state index is 12.9.